The molecule has 0 fully saturated rings. The zero-order chi connectivity index (χ0) is 16.8. The summed E-state index contributed by atoms with van der Waals surface area (Å²) in [6, 6.07) is 18.7. The highest BCUT2D eigenvalue weighted by molar-refractivity contribution is 6.01. The van der Waals surface area contributed by atoms with E-state index in [1.165, 1.54) is 17.5 Å². The Labute approximate surface area is 144 Å². The van der Waals surface area contributed by atoms with E-state index in [0.29, 0.717) is 6.42 Å². The van der Waals surface area contributed by atoms with Crippen molar-refractivity contribution in [3.05, 3.63) is 65.7 Å². The number of hydrogen-bond donors (Lipinski definition) is 0. The molecule has 0 atom stereocenters. The van der Waals surface area contributed by atoms with Crippen molar-refractivity contribution in [2.75, 3.05) is 25.0 Å². The second kappa shape index (κ2) is 8.11. The van der Waals surface area contributed by atoms with Crippen molar-refractivity contribution in [2.24, 2.45) is 0 Å². The molecule has 3 heteroatoms. The van der Waals surface area contributed by atoms with Crippen LogP contribution in [0.15, 0.2) is 54.6 Å². The van der Waals surface area contributed by atoms with Crippen molar-refractivity contribution in [1.82, 2.24) is 4.90 Å². The van der Waals surface area contributed by atoms with Gasteiger partial charge in [-0.2, -0.15) is 0 Å². The van der Waals surface area contributed by atoms with Gasteiger partial charge in [0.1, 0.15) is 0 Å². The number of nitrogens with zero attached hydrogens (tertiary/aromatic N) is 2. The molecule has 3 nitrogen and oxygen atoms in total. The summed E-state index contributed by atoms with van der Waals surface area (Å²) >= 11 is 0. The van der Waals surface area contributed by atoms with Crippen molar-refractivity contribution in [2.45, 2.75) is 32.2 Å². The van der Waals surface area contributed by atoms with Gasteiger partial charge in [0.25, 0.3) is 0 Å². The number of hydrogen-bond acceptors (Lipinski definition) is 2. The van der Waals surface area contributed by atoms with E-state index in [1.807, 2.05) is 17.0 Å². The monoisotopic (exact) mass is 322 g/mol. The number of benzene rings is 2. The zero-order valence-electron chi connectivity index (χ0n) is 14.4. The Morgan fingerprint density at radius 3 is 2.54 bits per heavy atom. The van der Waals surface area contributed by atoms with E-state index in [-0.39, 0.29) is 5.91 Å². The SMILES string of the molecule is CN(CCCCCN1C(=O)Cc2ccccc21)Cc1ccccc1. The summed E-state index contributed by atoms with van der Waals surface area (Å²) in [5.74, 6) is 0.248. The molecule has 2 aromatic rings. The van der Waals surface area contributed by atoms with Gasteiger partial charge < -0.3 is 9.80 Å². The summed E-state index contributed by atoms with van der Waals surface area (Å²) in [6.45, 7) is 2.94. The molecule has 0 saturated heterocycles. The Morgan fingerprint density at radius 1 is 0.958 bits per heavy atom. The van der Waals surface area contributed by atoms with Crippen LogP contribution in [0.5, 0.6) is 0 Å². The first-order valence-corrected chi connectivity index (χ1v) is 8.85. The van der Waals surface area contributed by atoms with Gasteiger partial charge in [0.15, 0.2) is 0 Å². The van der Waals surface area contributed by atoms with Gasteiger partial charge in [-0.05, 0) is 43.6 Å². The largest absolute Gasteiger partial charge is 0.312 e. The first-order valence-electron chi connectivity index (χ1n) is 8.85. The van der Waals surface area contributed by atoms with Crippen LogP contribution in [0.25, 0.3) is 0 Å². The lowest BCUT2D eigenvalue weighted by atomic mass is 10.1. The molecular weight excluding hydrogens is 296 g/mol. The topological polar surface area (TPSA) is 23.6 Å². The third-order valence-corrected chi connectivity index (χ3v) is 4.64. The van der Waals surface area contributed by atoms with Crippen LogP contribution in [-0.2, 0) is 17.8 Å². The fourth-order valence-electron chi connectivity index (χ4n) is 3.36. The van der Waals surface area contributed by atoms with Gasteiger partial charge in [-0.3, -0.25) is 4.79 Å². The predicted octanol–water partition coefficient (Wildman–Crippen LogP) is 3.88. The summed E-state index contributed by atoms with van der Waals surface area (Å²) in [6.07, 6.45) is 3.97. The summed E-state index contributed by atoms with van der Waals surface area (Å²) in [5, 5.41) is 0. The second-order valence-corrected chi connectivity index (χ2v) is 6.63. The quantitative estimate of drug-likeness (QED) is 0.689. The van der Waals surface area contributed by atoms with Gasteiger partial charge >= 0.3 is 0 Å². The van der Waals surface area contributed by atoms with Crippen molar-refractivity contribution in [3.63, 3.8) is 0 Å². The Balaban J connectivity index is 1.36. The van der Waals surface area contributed by atoms with Gasteiger partial charge in [0.05, 0.1) is 6.42 Å². The molecule has 2 aromatic carbocycles. The van der Waals surface area contributed by atoms with Gasteiger partial charge in [-0.1, -0.05) is 55.0 Å². The molecular formula is C21H26N2O. The molecule has 0 aromatic heterocycles. The van der Waals surface area contributed by atoms with E-state index in [1.54, 1.807) is 0 Å². The number of amides is 1. The smallest absolute Gasteiger partial charge is 0.231 e. The number of para-hydroxylation sites is 1. The van der Waals surface area contributed by atoms with Crippen molar-refractivity contribution >= 4 is 11.6 Å². The van der Waals surface area contributed by atoms with Crippen LogP contribution in [0.1, 0.15) is 30.4 Å². The molecule has 0 spiro atoms. The highest BCUT2D eigenvalue weighted by Gasteiger charge is 2.25. The molecule has 1 aliphatic rings. The Morgan fingerprint density at radius 2 is 1.71 bits per heavy atom. The van der Waals surface area contributed by atoms with Crippen LogP contribution in [0.3, 0.4) is 0 Å². The third kappa shape index (κ3) is 4.24. The van der Waals surface area contributed by atoms with Crippen LogP contribution in [0.4, 0.5) is 5.69 Å². The summed E-state index contributed by atoms with van der Waals surface area (Å²) in [4.78, 5) is 16.5. The predicted molar refractivity (Wildman–Crippen MR) is 99.1 cm³/mol. The minimum Gasteiger partial charge on any atom is -0.312 e. The van der Waals surface area contributed by atoms with Gasteiger partial charge in [-0.15, -0.1) is 0 Å². The first kappa shape index (κ1) is 16.7. The Bertz CT molecular complexity index is 669. The third-order valence-electron chi connectivity index (χ3n) is 4.64. The van der Waals surface area contributed by atoms with E-state index in [0.717, 1.165) is 38.2 Å². The minimum atomic E-state index is 0.248. The molecule has 0 N–H and O–H groups in total. The molecule has 1 heterocycles. The van der Waals surface area contributed by atoms with Crippen LogP contribution in [-0.4, -0.2) is 30.9 Å². The maximum absolute atomic E-state index is 12.1. The molecule has 1 amide bonds. The lowest BCUT2D eigenvalue weighted by Gasteiger charge is -2.19. The lowest BCUT2D eigenvalue weighted by Crippen LogP contribution is -2.28. The fraction of sp³-hybridized carbons (Fsp3) is 0.381. The molecule has 24 heavy (non-hydrogen) atoms. The van der Waals surface area contributed by atoms with Crippen molar-refractivity contribution in [1.29, 1.82) is 0 Å². The van der Waals surface area contributed by atoms with E-state index < -0.39 is 0 Å². The second-order valence-electron chi connectivity index (χ2n) is 6.63. The maximum Gasteiger partial charge on any atom is 0.231 e. The number of carbonyl (C=O) groups excluding carboxylic acids is 1. The molecule has 3 rings (SSSR count). The van der Waals surface area contributed by atoms with Crippen LogP contribution in [0.2, 0.25) is 0 Å². The molecule has 126 valence electrons. The number of rotatable bonds is 8. The Kier molecular flexibility index (Phi) is 5.65. The van der Waals surface area contributed by atoms with Crippen LogP contribution in [0, 0.1) is 0 Å². The molecule has 0 radical (unpaired) electrons. The average Bonchev–Trinajstić information content (AvgIpc) is 2.91. The normalized spacial score (nSPS) is 13.6. The van der Waals surface area contributed by atoms with Gasteiger partial charge in [0.2, 0.25) is 5.91 Å². The van der Waals surface area contributed by atoms with Crippen LogP contribution >= 0.6 is 0 Å². The number of unbranched alkanes of at least 4 members (excludes halogenated alkanes) is 2. The zero-order valence-corrected chi connectivity index (χ0v) is 14.4. The standard InChI is InChI=1S/C21H26N2O/c1-22(17-18-10-4-2-5-11-18)14-8-3-9-15-23-20-13-7-6-12-19(20)16-21(23)24/h2,4-7,10-13H,3,8-9,14-17H2,1H3. The molecule has 0 saturated carbocycles. The van der Waals surface area contributed by atoms with Crippen LogP contribution < -0.4 is 4.90 Å². The summed E-state index contributed by atoms with van der Waals surface area (Å²) in [5.41, 5.74) is 3.65. The van der Waals surface area contributed by atoms with Crippen molar-refractivity contribution in [3.8, 4) is 0 Å². The Hall–Kier alpha value is -2.13. The van der Waals surface area contributed by atoms with Gasteiger partial charge in [-0.25, -0.2) is 0 Å². The molecule has 1 aliphatic heterocycles. The molecule has 0 unspecified atom stereocenters. The first-order chi connectivity index (χ1) is 11.7. The minimum absolute atomic E-state index is 0.248. The number of carbonyl (C=O) groups is 1. The number of fused-ring (bicyclic) bond motifs is 1. The maximum atomic E-state index is 12.1. The number of anilines is 1. The highest BCUT2D eigenvalue weighted by Crippen LogP contribution is 2.28. The van der Waals surface area contributed by atoms with E-state index in [2.05, 4.69) is 54.4 Å². The lowest BCUT2D eigenvalue weighted by molar-refractivity contribution is -0.117. The highest BCUT2D eigenvalue weighted by atomic mass is 16.2. The summed E-state index contributed by atoms with van der Waals surface area (Å²) < 4.78 is 0. The van der Waals surface area contributed by atoms with E-state index >= 15 is 0 Å². The van der Waals surface area contributed by atoms with Gasteiger partial charge in [0, 0.05) is 18.8 Å². The van der Waals surface area contributed by atoms with E-state index in [4.69, 9.17) is 0 Å². The van der Waals surface area contributed by atoms with Crippen molar-refractivity contribution < 1.29 is 4.79 Å². The molecule has 0 aliphatic carbocycles. The summed E-state index contributed by atoms with van der Waals surface area (Å²) in [7, 11) is 2.17. The average molecular weight is 322 g/mol. The fourth-order valence-corrected chi connectivity index (χ4v) is 3.36. The molecule has 0 bridgehead atoms. The van der Waals surface area contributed by atoms with E-state index in [9.17, 15) is 4.79 Å².